The fourth-order valence-electron chi connectivity index (χ4n) is 1.55. The average molecular weight is 182 g/mol. The summed E-state index contributed by atoms with van der Waals surface area (Å²) in [6.07, 6.45) is 8.96. The molecule has 1 aliphatic heterocycles. The lowest BCUT2D eigenvalue weighted by atomic mass is 9.60. The Balaban J connectivity index is 2.00. The van der Waals surface area contributed by atoms with Gasteiger partial charge >= 0.3 is 0 Å². The number of hydrogen-bond donors (Lipinski definition) is 0. The van der Waals surface area contributed by atoms with Crippen molar-refractivity contribution in [3.8, 4) is 0 Å². The van der Waals surface area contributed by atoms with Crippen molar-refractivity contribution in [3.63, 3.8) is 0 Å². The van der Waals surface area contributed by atoms with Gasteiger partial charge in [-0.2, -0.15) is 0 Å². The lowest BCUT2D eigenvalue weighted by Gasteiger charge is -2.09. The van der Waals surface area contributed by atoms with E-state index in [1.165, 1.54) is 11.1 Å². The summed E-state index contributed by atoms with van der Waals surface area (Å²) >= 11 is 0. The van der Waals surface area contributed by atoms with Crippen molar-refractivity contribution in [2.45, 2.75) is 12.2 Å². The van der Waals surface area contributed by atoms with Gasteiger partial charge in [-0.25, -0.2) is 0 Å². The summed E-state index contributed by atoms with van der Waals surface area (Å²) in [6, 6.07) is 4.22. The number of pyridine rings is 1. The lowest BCUT2D eigenvalue weighted by Crippen LogP contribution is -2.24. The molecule has 1 unspecified atom stereocenters. The van der Waals surface area contributed by atoms with Gasteiger partial charge in [-0.1, -0.05) is 23.7 Å². The SMILES string of the molecule is Bc1ccc(BC2C=CN=CC2)nc1. The summed E-state index contributed by atoms with van der Waals surface area (Å²) in [5.74, 6) is 0.572. The first-order chi connectivity index (χ1) is 6.84. The molecule has 1 aliphatic rings. The van der Waals surface area contributed by atoms with E-state index in [4.69, 9.17) is 0 Å². The van der Waals surface area contributed by atoms with Gasteiger partial charge in [0.2, 0.25) is 0 Å². The van der Waals surface area contributed by atoms with Crippen molar-refractivity contribution in [2.75, 3.05) is 0 Å². The van der Waals surface area contributed by atoms with Gasteiger partial charge in [0.25, 0.3) is 0 Å². The molecule has 0 saturated heterocycles. The van der Waals surface area contributed by atoms with Crippen LogP contribution in [0.1, 0.15) is 6.42 Å². The fraction of sp³-hybridized carbons (Fsp3) is 0.200. The van der Waals surface area contributed by atoms with Crippen LogP contribution in [-0.4, -0.2) is 26.3 Å². The van der Waals surface area contributed by atoms with E-state index in [0.717, 1.165) is 13.7 Å². The van der Waals surface area contributed by atoms with Crippen molar-refractivity contribution >= 4 is 32.4 Å². The number of nitrogens with zero attached hydrogens (tertiary/aromatic N) is 2. The Kier molecular flexibility index (Phi) is 2.82. The fourth-order valence-corrected chi connectivity index (χ4v) is 1.55. The molecule has 0 aromatic carbocycles. The molecule has 1 atom stereocenters. The molecule has 1 aromatic rings. The van der Waals surface area contributed by atoms with Gasteiger partial charge in [0.05, 0.1) is 0 Å². The Morgan fingerprint density at radius 2 is 2.36 bits per heavy atom. The molecule has 1 aromatic heterocycles. The normalized spacial score (nSPS) is 19.6. The minimum Gasteiger partial charge on any atom is -0.272 e. The van der Waals surface area contributed by atoms with Crippen LogP contribution in [0, 0.1) is 0 Å². The van der Waals surface area contributed by atoms with Gasteiger partial charge in [0.15, 0.2) is 7.28 Å². The van der Waals surface area contributed by atoms with Crippen LogP contribution in [-0.2, 0) is 0 Å². The quantitative estimate of drug-likeness (QED) is 0.548. The standard InChI is InChI=1S/C10H12B2N2/c11-8-1-2-10(14-7-8)12-9-3-5-13-6-4-9/h1-3,5-7,9,12H,4,11H2. The molecular formula is C10H12B2N2. The molecule has 0 fully saturated rings. The highest BCUT2D eigenvalue weighted by Crippen LogP contribution is 2.12. The van der Waals surface area contributed by atoms with Crippen molar-refractivity contribution in [2.24, 2.45) is 4.99 Å². The second-order valence-electron chi connectivity index (χ2n) is 3.70. The second-order valence-corrected chi connectivity index (χ2v) is 3.70. The Hall–Kier alpha value is -1.31. The maximum Gasteiger partial charge on any atom is 0.189 e. The van der Waals surface area contributed by atoms with Gasteiger partial charge in [-0.05, 0) is 12.2 Å². The van der Waals surface area contributed by atoms with Crippen LogP contribution >= 0.6 is 0 Å². The first kappa shape index (κ1) is 9.25. The summed E-state index contributed by atoms with van der Waals surface area (Å²) in [5.41, 5.74) is 2.38. The first-order valence-electron chi connectivity index (χ1n) is 4.94. The number of rotatable bonds is 2. The molecule has 2 rings (SSSR count). The molecule has 2 heterocycles. The summed E-state index contributed by atoms with van der Waals surface area (Å²) in [7, 11) is 3.08. The predicted molar refractivity (Wildman–Crippen MR) is 65.2 cm³/mol. The zero-order valence-corrected chi connectivity index (χ0v) is 8.35. The molecule has 0 bridgehead atoms. The molecule has 4 heteroatoms. The predicted octanol–water partition coefficient (Wildman–Crippen LogP) is -0.822. The van der Waals surface area contributed by atoms with E-state index >= 15 is 0 Å². The van der Waals surface area contributed by atoms with E-state index in [2.05, 4.69) is 36.0 Å². The zero-order chi connectivity index (χ0) is 9.80. The maximum absolute atomic E-state index is 4.39. The number of aliphatic imine (C=N–C) groups is 1. The van der Waals surface area contributed by atoms with Gasteiger partial charge in [-0.15, -0.1) is 0 Å². The van der Waals surface area contributed by atoms with Gasteiger partial charge in [-0.3, -0.25) is 9.98 Å². The van der Waals surface area contributed by atoms with E-state index in [9.17, 15) is 0 Å². The average Bonchev–Trinajstić information content (AvgIpc) is 2.23. The van der Waals surface area contributed by atoms with Crippen LogP contribution in [0.3, 0.4) is 0 Å². The number of allylic oxidation sites excluding steroid dienone is 1. The first-order valence-corrected chi connectivity index (χ1v) is 4.94. The third kappa shape index (κ3) is 2.34. The topological polar surface area (TPSA) is 25.2 Å². The monoisotopic (exact) mass is 182 g/mol. The maximum atomic E-state index is 4.39. The largest absolute Gasteiger partial charge is 0.272 e. The van der Waals surface area contributed by atoms with E-state index < -0.39 is 0 Å². The van der Waals surface area contributed by atoms with Crippen molar-refractivity contribution in [3.05, 3.63) is 30.6 Å². The van der Waals surface area contributed by atoms with Gasteiger partial charge in [0, 0.05) is 24.2 Å². The minimum atomic E-state index is 0.572. The zero-order valence-electron chi connectivity index (χ0n) is 8.35. The Morgan fingerprint density at radius 1 is 1.43 bits per heavy atom. The smallest absolute Gasteiger partial charge is 0.189 e. The summed E-state index contributed by atoms with van der Waals surface area (Å²) in [6.45, 7) is 0. The molecule has 0 saturated carbocycles. The van der Waals surface area contributed by atoms with E-state index in [1.54, 1.807) is 0 Å². The molecule has 2 nitrogen and oxygen atoms in total. The third-order valence-corrected chi connectivity index (χ3v) is 2.40. The molecule has 0 aliphatic carbocycles. The summed E-state index contributed by atoms with van der Waals surface area (Å²) < 4.78 is 0. The molecule has 68 valence electrons. The Morgan fingerprint density at radius 3 is 3.00 bits per heavy atom. The van der Waals surface area contributed by atoms with Gasteiger partial charge < -0.3 is 0 Å². The highest BCUT2D eigenvalue weighted by Gasteiger charge is 2.09. The molecular weight excluding hydrogens is 170 g/mol. The van der Waals surface area contributed by atoms with Crippen LogP contribution < -0.4 is 11.1 Å². The molecule has 14 heavy (non-hydrogen) atoms. The highest BCUT2D eigenvalue weighted by molar-refractivity contribution is 6.54. The number of hydrogen-bond acceptors (Lipinski definition) is 2. The summed E-state index contributed by atoms with van der Waals surface area (Å²) in [5, 5.41) is 0. The molecule has 0 amide bonds. The Labute approximate surface area is 85.8 Å². The third-order valence-electron chi connectivity index (χ3n) is 2.40. The van der Waals surface area contributed by atoms with E-state index in [-0.39, 0.29) is 0 Å². The summed E-state index contributed by atoms with van der Waals surface area (Å²) in [4.78, 5) is 8.45. The molecule has 0 spiro atoms. The molecule has 0 radical (unpaired) electrons. The van der Waals surface area contributed by atoms with Crippen LogP contribution in [0.5, 0.6) is 0 Å². The van der Waals surface area contributed by atoms with E-state index in [0.29, 0.717) is 5.82 Å². The van der Waals surface area contributed by atoms with Crippen molar-refractivity contribution < 1.29 is 0 Å². The van der Waals surface area contributed by atoms with Crippen LogP contribution in [0.15, 0.2) is 35.6 Å². The van der Waals surface area contributed by atoms with E-state index in [1.807, 2.05) is 18.6 Å². The minimum absolute atomic E-state index is 0.572. The van der Waals surface area contributed by atoms with Gasteiger partial charge in [0.1, 0.15) is 7.85 Å². The second kappa shape index (κ2) is 4.27. The van der Waals surface area contributed by atoms with Crippen LogP contribution in [0.4, 0.5) is 0 Å². The Bertz CT molecular complexity index is 357. The number of aromatic nitrogens is 1. The van der Waals surface area contributed by atoms with Crippen molar-refractivity contribution in [1.82, 2.24) is 4.98 Å². The highest BCUT2D eigenvalue weighted by atomic mass is 14.7. The van der Waals surface area contributed by atoms with Crippen LogP contribution in [0.25, 0.3) is 0 Å². The van der Waals surface area contributed by atoms with Crippen molar-refractivity contribution in [1.29, 1.82) is 0 Å². The lowest BCUT2D eigenvalue weighted by molar-refractivity contribution is 1.06. The van der Waals surface area contributed by atoms with Crippen LogP contribution in [0.2, 0.25) is 5.82 Å². The molecule has 0 N–H and O–H groups in total.